The van der Waals surface area contributed by atoms with E-state index in [0.717, 1.165) is 5.56 Å². The van der Waals surface area contributed by atoms with E-state index in [1.165, 1.54) is 10.7 Å². The molecule has 0 radical (unpaired) electrons. The molecule has 2 aromatic heterocycles. The molecule has 1 unspecified atom stereocenters. The van der Waals surface area contributed by atoms with Crippen LogP contribution in [0.5, 0.6) is 11.5 Å². The lowest BCUT2D eigenvalue weighted by Crippen LogP contribution is -2.25. The molecule has 11 nitrogen and oxygen atoms in total. The van der Waals surface area contributed by atoms with Gasteiger partial charge in [0, 0.05) is 6.20 Å². The van der Waals surface area contributed by atoms with Gasteiger partial charge >= 0.3 is 5.82 Å². The second-order valence-electron chi connectivity index (χ2n) is 7.08. The Morgan fingerprint density at radius 1 is 1.22 bits per heavy atom. The number of ether oxygens (including phenoxy) is 2. The number of rotatable bonds is 10. The first-order valence-corrected chi connectivity index (χ1v) is 10.2. The SMILES string of the molecule is CCOc1ccc(Cn2cc(NC(=O)C(C)n3nc([N+](=O)[O-])cc3C)cn2)cc1OCC. The molecule has 3 rings (SSSR count). The minimum absolute atomic E-state index is 0.295. The van der Waals surface area contributed by atoms with Crippen LogP contribution in [0.25, 0.3) is 0 Å². The highest BCUT2D eigenvalue weighted by atomic mass is 16.6. The van der Waals surface area contributed by atoms with Crippen LogP contribution >= 0.6 is 0 Å². The van der Waals surface area contributed by atoms with E-state index in [-0.39, 0.29) is 11.7 Å². The van der Waals surface area contributed by atoms with Gasteiger partial charge < -0.3 is 24.9 Å². The van der Waals surface area contributed by atoms with Gasteiger partial charge in [-0.15, -0.1) is 0 Å². The maximum absolute atomic E-state index is 12.6. The van der Waals surface area contributed by atoms with E-state index in [4.69, 9.17) is 9.47 Å². The summed E-state index contributed by atoms with van der Waals surface area (Å²) in [5.41, 5.74) is 2.00. The third-order valence-corrected chi connectivity index (χ3v) is 4.70. The van der Waals surface area contributed by atoms with Gasteiger partial charge in [-0.2, -0.15) is 9.78 Å². The third kappa shape index (κ3) is 5.23. The van der Waals surface area contributed by atoms with Crippen molar-refractivity contribution >= 4 is 17.4 Å². The topological polar surface area (TPSA) is 126 Å². The molecule has 11 heteroatoms. The largest absolute Gasteiger partial charge is 0.490 e. The van der Waals surface area contributed by atoms with Crippen LogP contribution in [-0.2, 0) is 11.3 Å². The average Bonchev–Trinajstić information content (AvgIpc) is 3.36. The van der Waals surface area contributed by atoms with E-state index in [9.17, 15) is 14.9 Å². The summed E-state index contributed by atoms with van der Waals surface area (Å²) in [6.07, 6.45) is 3.25. The van der Waals surface area contributed by atoms with Gasteiger partial charge in [0.05, 0.1) is 48.5 Å². The molecule has 3 aromatic rings. The van der Waals surface area contributed by atoms with Gasteiger partial charge in [-0.25, -0.2) is 0 Å². The molecule has 0 fully saturated rings. The Bertz CT molecular complexity index is 1110. The lowest BCUT2D eigenvalue weighted by Gasteiger charge is -2.12. The Morgan fingerprint density at radius 3 is 2.59 bits per heavy atom. The summed E-state index contributed by atoms with van der Waals surface area (Å²) in [7, 11) is 0. The maximum atomic E-state index is 12.6. The molecule has 32 heavy (non-hydrogen) atoms. The molecular weight excluding hydrogens is 416 g/mol. The summed E-state index contributed by atoms with van der Waals surface area (Å²) in [4.78, 5) is 22.9. The van der Waals surface area contributed by atoms with Crippen LogP contribution in [0.3, 0.4) is 0 Å². The fourth-order valence-corrected chi connectivity index (χ4v) is 3.21. The standard InChI is InChI=1S/C21H26N6O5/c1-5-31-18-8-7-16(10-19(18)32-6-2)12-25-13-17(11-22-25)23-21(28)15(4)26-14(3)9-20(24-26)27(29)30/h7-11,13,15H,5-6,12H2,1-4H3,(H,23,28). The number of aryl methyl sites for hydroxylation is 1. The monoisotopic (exact) mass is 442 g/mol. The number of hydrogen-bond acceptors (Lipinski definition) is 7. The third-order valence-electron chi connectivity index (χ3n) is 4.70. The van der Waals surface area contributed by atoms with Crippen LogP contribution in [0.15, 0.2) is 36.7 Å². The number of benzene rings is 1. The number of hydrogen-bond donors (Lipinski definition) is 1. The van der Waals surface area contributed by atoms with E-state index in [2.05, 4.69) is 15.5 Å². The van der Waals surface area contributed by atoms with Crippen molar-refractivity contribution < 1.29 is 19.2 Å². The zero-order chi connectivity index (χ0) is 23.3. The van der Waals surface area contributed by atoms with Gasteiger partial charge in [0.2, 0.25) is 0 Å². The van der Waals surface area contributed by atoms with E-state index < -0.39 is 11.0 Å². The Morgan fingerprint density at radius 2 is 1.94 bits per heavy atom. The predicted octanol–water partition coefficient (Wildman–Crippen LogP) is 3.34. The number of anilines is 1. The molecule has 0 aliphatic rings. The number of nitrogens with zero attached hydrogens (tertiary/aromatic N) is 5. The van der Waals surface area contributed by atoms with Crippen molar-refractivity contribution in [2.45, 2.75) is 40.3 Å². The number of carbonyl (C=O) groups is 1. The van der Waals surface area contributed by atoms with Gasteiger partial charge in [0.1, 0.15) is 6.04 Å². The molecule has 1 N–H and O–H groups in total. The van der Waals surface area contributed by atoms with Crippen molar-refractivity contribution in [2.75, 3.05) is 18.5 Å². The second-order valence-corrected chi connectivity index (χ2v) is 7.08. The second kappa shape index (κ2) is 9.94. The van der Waals surface area contributed by atoms with Crippen molar-refractivity contribution in [3.63, 3.8) is 0 Å². The molecule has 1 aromatic carbocycles. The summed E-state index contributed by atoms with van der Waals surface area (Å²) >= 11 is 0. The van der Waals surface area contributed by atoms with Crippen LogP contribution in [0.2, 0.25) is 0 Å². The highest BCUT2D eigenvalue weighted by Crippen LogP contribution is 2.29. The van der Waals surface area contributed by atoms with E-state index >= 15 is 0 Å². The number of aromatic nitrogens is 4. The van der Waals surface area contributed by atoms with Crippen LogP contribution < -0.4 is 14.8 Å². The van der Waals surface area contributed by atoms with Crippen LogP contribution in [0, 0.1) is 17.0 Å². The summed E-state index contributed by atoms with van der Waals surface area (Å²) in [5, 5.41) is 21.9. The minimum atomic E-state index is -0.730. The molecule has 0 bridgehead atoms. The summed E-state index contributed by atoms with van der Waals surface area (Å²) < 4.78 is 14.3. The van der Waals surface area contributed by atoms with Gasteiger partial charge in [0.15, 0.2) is 11.5 Å². The highest BCUT2D eigenvalue weighted by Gasteiger charge is 2.24. The molecule has 1 amide bonds. The molecule has 2 heterocycles. The summed E-state index contributed by atoms with van der Waals surface area (Å²) in [6, 6.07) is 6.30. The fourth-order valence-electron chi connectivity index (χ4n) is 3.21. The normalized spacial score (nSPS) is 11.8. The number of carbonyl (C=O) groups excluding carboxylic acids is 1. The first-order chi connectivity index (χ1) is 15.3. The van der Waals surface area contributed by atoms with Crippen molar-refractivity contribution in [3.05, 3.63) is 58.0 Å². The van der Waals surface area contributed by atoms with Crippen molar-refractivity contribution in [3.8, 4) is 11.5 Å². The van der Waals surface area contributed by atoms with Crippen LogP contribution in [0.4, 0.5) is 11.5 Å². The molecule has 0 saturated heterocycles. The lowest BCUT2D eigenvalue weighted by atomic mass is 10.2. The summed E-state index contributed by atoms with van der Waals surface area (Å²) in [6.45, 7) is 8.66. The van der Waals surface area contributed by atoms with E-state index in [1.54, 1.807) is 30.9 Å². The van der Waals surface area contributed by atoms with Crippen molar-refractivity contribution in [2.24, 2.45) is 0 Å². The molecule has 0 saturated carbocycles. The highest BCUT2D eigenvalue weighted by molar-refractivity contribution is 5.93. The fraction of sp³-hybridized carbons (Fsp3) is 0.381. The van der Waals surface area contributed by atoms with Crippen molar-refractivity contribution in [1.29, 1.82) is 0 Å². The Labute approximate surface area is 185 Å². The quantitative estimate of drug-likeness (QED) is 0.377. The first kappa shape index (κ1) is 22.8. The molecular formula is C21H26N6O5. The van der Waals surface area contributed by atoms with Crippen LogP contribution in [-0.4, -0.2) is 43.6 Å². The Kier molecular flexibility index (Phi) is 7.08. The lowest BCUT2D eigenvalue weighted by molar-refractivity contribution is -0.389. The van der Waals surface area contributed by atoms with Gasteiger partial charge in [-0.3, -0.25) is 9.48 Å². The van der Waals surface area contributed by atoms with Crippen molar-refractivity contribution in [1.82, 2.24) is 19.6 Å². The Hall–Kier alpha value is -3.89. The first-order valence-electron chi connectivity index (χ1n) is 10.2. The molecule has 1 atom stereocenters. The van der Waals surface area contributed by atoms with Gasteiger partial charge in [-0.05, 0) is 50.3 Å². The molecule has 0 spiro atoms. The number of nitro groups is 1. The zero-order valence-electron chi connectivity index (χ0n) is 18.4. The molecule has 170 valence electrons. The zero-order valence-corrected chi connectivity index (χ0v) is 18.4. The average molecular weight is 442 g/mol. The maximum Gasteiger partial charge on any atom is 0.390 e. The van der Waals surface area contributed by atoms with Gasteiger partial charge in [-0.1, -0.05) is 6.07 Å². The number of nitrogens with one attached hydrogen (secondary N) is 1. The predicted molar refractivity (Wildman–Crippen MR) is 117 cm³/mol. The number of amides is 1. The summed E-state index contributed by atoms with van der Waals surface area (Å²) in [5.74, 6) is 0.710. The minimum Gasteiger partial charge on any atom is -0.490 e. The van der Waals surface area contributed by atoms with Gasteiger partial charge in [0.25, 0.3) is 5.91 Å². The molecule has 0 aliphatic heterocycles. The smallest absolute Gasteiger partial charge is 0.390 e. The van der Waals surface area contributed by atoms with E-state index in [0.29, 0.717) is 42.6 Å². The molecule has 0 aliphatic carbocycles. The van der Waals surface area contributed by atoms with Crippen LogP contribution in [0.1, 0.15) is 38.1 Å². The van der Waals surface area contributed by atoms with E-state index in [1.807, 2.05) is 32.0 Å². The Balaban J connectivity index is 1.67.